The van der Waals surface area contributed by atoms with Crippen molar-refractivity contribution in [2.45, 2.75) is 12.5 Å². The van der Waals surface area contributed by atoms with Gasteiger partial charge in [-0.15, -0.1) is 0 Å². The van der Waals surface area contributed by atoms with E-state index in [-0.39, 0.29) is 0 Å². The Morgan fingerprint density at radius 2 is 2.28 bits per heavy atom. The molecule has 1 unspecified atom stereocenters. The van der Waals surface area contributed by atoms with Crippen LogP contribution in [0.5, 0.6) is 0 Å². The molecule has 18 heavy (non-hydrogen) atoms. The van der Waals surface area contributed by atoms with Crippen molar-refractivity contribution in [3.63, 3.8) is 0 Å². The molecule has 94 valence electrons. The number of rotatable bonds is 4. The van der Waals surface area contributed by atoms with Gasteiger partial charge in [-0.3, -0.25) is 9.59 Å². The molecule has 0 bridgehead atoms. The van der Waals surface area contributed by atoms with Gasteiger partial charge in [0.05, 0.1) is 12.5 Å². The highest BCUT2D eigenvalue weighted by atomic mass is 16.4. The summed E-state index contributed by atoms with van der Waals surface area (Å²) in [6, 6.07) is 3.81. The molecule has 4 N–H and O–H groups in total. The number of nitrogens with one attached hydrogen (secondary N) is 1. The predicted molar refractivity (Wildman–Crippen MR) is 62.9 cm³/mol. The monoisotopic (exact) mass is 249 g/mol. The quantitative estimate of drug-likeness (QED) is 0.728. The number of hydrogen-bond acceptors (Lipinski definition) is 5. The summed E-state index contributed by atoms with van der Waals surface area (Å²) in [5.74, 6) is -1.68. The van der Waals surface area contributed by atoms with Crippen molar-refractivity contribution in [3.8, 4) is 0 Å². The number of hydrogen-bond donors (Lipinski definition) is 3. The summed E-state index contributed by atoms with van der Waals surface area (Å²) in [4.78, 5) is 25.9. The number of oxazole rings is 1. The minimum Gasteiger partial charge on any atom is -0.481 e. The molecule has 0 fully saturated rings. The van der Waals surface area contributed by atoms with Crippen molar-refractivity contribution in [1.82, 2.24) is 4.98 Å². The predicted octanol–water partition coefficient (Wildman–Crippen LogP) is 0.568. The molecule has 0 aliphatic rings. The lowest BCUT2D eigenvalue weighted by atomic mass is 10.2. The Labute approximate surface area is 102 Å². The lowest BCUT2D eigenvalue weighted by molar-refractivity contribution is -0.138. The molecule has 0 aliphatic carbocycles. The Balaban J connectivity index is 2.08. The Bertz CT molecular complexity index is 593. The van der Waals surface area contributed by atoms with Gasteiger partial charge < -0.3 is 20.6 Å². The molecule has 1 atom stereocenters. The summed E-state index contributed by atoms with van der Waals surface area (Å²) in [5, 5.41) is 11.0. The Morgan fingerprint density at radius 1 is 1.50 bits per heavy atom. The summed E-state index contributed by atoms with van der Waals surface area (Å²) in [6.07, 6.45) is 0.878. The number of aromatic nitrogens is 1. The van der Waals surface area contributed by atoms with Crippen molar-refractivity contribution in [1.29, 1.82) is 0 Å². The molecule has 1 aromatic heterocycles. The average Bonchev–Trinajstić information content (AvgIpc) is 2.75. The van der Waals surface area contributed by atoms with Crippen LogP contribution in [0.4, 0.5) is 5.69 Å². The maximum absolute atomic E-state index is 11.6. The van der Waals surface area contributed by atoms with Crippen LogP contribution in [0.2, 0.25) is 0 Å². The first-order valence-corrected chi connectivity index (χ1v) is 5.18. The standard InChI is InChI=1S/C11H11N3O4/c12-7(4-10(15)16)11(17)14-6-1-2-8-9(3-6)18-5-13-8/h1-3,5,7H,4,12H2,(H,14,17)(H,15,16). The van der Waals surface area contributed by atoms with Gasteiger partial charge in [-0.05, 0) is 12.1 Å². The van der Waals surface area contributed by atoms with Crippen LogP contribution >= 0.6 is 0 Å². The molecule has 0 saturated heterocycles. The number of amides is 1. The lowest BCUT2D eigenvalue weighted by Crippen LogP contribution is -2.37. The summed E-state index contributed by atoms with van der Waals surface area (Å²) in [7, 11) is 0. The fourth-order valence-electron chi connectivity index (χ4n) is 1.45. The van der Waals surface area contributed by atoms with Crippen molar-refractivity contribution < 1.29 is 19.1 Å². The molecule has 2 rings (SSSR count). The highest BCUT2D eigenvalue weighted by molar-refractivity contribution is 5.97. The molecule has 0 saturated carbocycles. The molecule has 0 aliphatic heterocycles. The minimum atomic E-state index is -1.12. The van der Waals surface area contributed by atoms with Gasteiger partial charge >= 0.3 is 5.97 Å². The molecule has 1 amide bonds. The zero-order valence-electron chi connectivity index (χ0n) is 9.29. The fourth-order valence-corrected chi connectivity index (χ4v) is 1.45. The van der Waals surface area contributed by atoms with E-state index in [2.05, 4.69) is 10.3 Å². The Hall–Kier alpha value is -2.41. The topological polar surface area (TPSA) is 118 Å². The van der Waals surface area contributed by atoms with Crippen LogP contribution < -0.4 is 11.1 Å². The van der Waals surface area contributed by atoms with E-state index in [0.717, 1.165) is 0 Å². The summed E-state index contributed by atoms with van der Waals surface area (Å²) in [5.41, 5.74) is 7.10. The number of carboxylic acid groups (broad SMARTS) is 1. The Kier molecular flexibility index (Phi) is 3.24. The molecule has 1 heterocycles. The number of benzene rings is 1. The summed E-state index contributed by atoms with van der Waals surface area (Å²) >= 11 is 0. The van der Waals surface area contributed by atoms with E-state index in [1.165, 1.54) is 6.39 Å². The van der Waals surface area contributed by atoms with E-state index in [0.29, 0.717) is 16.8 Å². The molecule has 7 heteroatoms. The molecule has 2 aromatic rings. The normalized spacial score (nSPS) is 12.3. The number of carbonyl (C=O) groups excluding carboxylic acids is 1. The van der Waals surface area contributed by atoms with E-state index in [1.54, 1.807) is 18.2 Å². The second kappa shape index (κ2) is 4.84. The number of nitrogens with zero attached hydrogens (tertiary/aromatic N) is 1. The van der Waals surface area contributed by atoms with E-state index < -0.39 is 24.3 Å². The van der Waals surface area contributed by atoms with Gasteiger partial charge in [0, 0.05) is 11.8 Å². The van der Waals surface area contributed by atoms with Crippen LogP contribution in [0.3, 0.4) is 0 Å². The van der Waals surface area contributed by atoms with Crippen molar-refractivity contribution >= 4 is 28.7 Å². The lowest BCUT2D eigenvalue weighted by Gasteiger charge is -2.09. The van der Waals surface area contributed by atoms with Gasteiger partial charge in [-0.1, -0.05) is 0 Å². The largest absolute Gasteiger partial charge is 0.481 e. The Morgan fingerprint density at radius 3 is 3.00 bits per heavy atom. The van der Waals surface area contributed by atoms with Crippen LogP contribution in [0, 0.1) is 0 Å². The van der Waals surface area contributed by atoms with E-state index in [9.17, 15) is 9.59 Å². The summed E-state index contributed by atoms with van der Waals surface area (Å²) < 4.78 is 5.08. The van der Waals surface area contributed by atoms with E-state index >= 15 is 0 Å². The van der Waals surface area contributed by atoms with Gasteiger partial charge in [0.25, 0.3) is 0 Å². The molecule has 1 aromatic carbocycles. The summed E-state index contributed by atoms with van der Waals surface area (Å²) in [6.45, 7) is 0. The van der Waals surface area contributed by atoms with E-state index in [1.807, 2.05) is 0 Å². The first-order chi connectivity index (χ1) is 8.56. The number of aliphatic carboxylic acids is 1. The number of fused-ring (bicyclic) bond motifs is 1. The average molecular weight is 249 g/mol. The first kappa shape index (κ1) is 12.1. The molecule has 0 radical (unpaired) electrons. The zero-order chi connectivity index (χ0) is 13.1. The van der Waals surface area contributed by atoms with Gasteiger partial charge in [-0.25, -0.2) is 4.98 Å². The van der Waals surface area contributed by atoms with Crippen molar-refractivity contribution in [2.24, 2.45) is 5.73 Å². The van der Waals surface area contributed by atoms with Gasteiger partial charge in [-0.2, -0.15) is 0 Å². The number of carboxylic acids is 1. The van der Waals surface area contributed by atoms with E-state index in [4.69, 9.17) is 15.3 Å². The number of anilines is 1. The third-order valence-corrected chi connectivity index (χ3v) is 2.33. The molecular formula is C11H11N3O4. The second-order valence-corrected chi connectivity index (χ2v) is 3.73. The number of carbonyl (C=O) groups is 2. The molecular weight excluding hydrogens is 238 g/mol. The van der Waals surface area contributed by atoms with Gasteiger partial charge in [0.2, 0.25) is 5.91 Å². The zero-order valence-corrected chi connectivity index (χ0v) is 9.29. The fraction of sp³-hybridized carbons (Fsp3) is 0.182. The van der Waals surface area contributed by atoms with Crippen LogP contribution in [-0.2, 0) is 9.59 Å². The molecule has 7 nitrogen and oxygen atoms in total. The maximum atomic E-state index is 11.6. The third kappa shape index (κ3) is 2.64. The van der Waals surface area contributed by atoms with Crippen LogP contribution in [0.15, 0.2) is 29.0 Å². The van der Waals surface area contributed by atoms with Crippen LogP contribution in [0.1, 0.15) is 6.42 Å². The SMILES string of the molecule is NC(CC(=O)O)C(=O)Nc1ccc2ncoc2c1. The third-order valence-electron chi connectivity index (χ3n) is 2.33. The van der Waals surface area contributed by atoms with Crippen LogP contribution in [-0.4, -0.2) is 28.0 Å². The highest BCUT2D eigenvalue weighted by Gasteiger charge is 2.17. The van der Waals surface area contributed by atoms with Gasteiger partial charge in [0.1, 0.15) is 5.52 Å². The first-order valence-electron chi connectivity index (χ1n) is 5.18. The second-order valence-electron chi connectivity index (χ2n) is 3.73. The van der Waals surface area contributed by atoms with Gasteiger partial charge in [0.15, 0.2) is 12.0 Å². The van der Waals surface area contributed by atoms with Crippen molar-refractivity contribution in [3.05, 3.63) is 24.6 Å². The molecule has 0 spiro atoms. The van der Waals surface area contributed by atoms with Crippen LogP contribution in [0.25, 0.3) is 11.1 Å². The van der Waals surface area contributed by atoms with Crippen molar-refractivity contribution in [2.75, 3.05) is 5.32 Å². The minimum absolute atomic E-state index is 0.420. The number of nitrogens with two attached hydrogens (primary N) is 1. The highest BCUT2D eigenvalue weighted by Crippen LogP contribution is 2.17. The smallest absolute Gasteiger partial charge is 0.305 e. The maximum Gasteiger partial charge on any atom is 0.305 e.